The molecule has 6 heteroatoms. The van der Waals surface area contributed by atoms with Crippen LogP contribution in [0.4, 0.5) is 5.69 Å². The van der Waals surface area contributed by atoms with Crippen LogP contribution < -0.4 is 15.2 Å². The highest BCUT2D eigenvalue weighted by Gasteiger charge is 2.09. The van der Waals surface area contributed by atoms with E-state index in [9.17, 15) is 0 Å². The Morgan fingerprint density at radius 1 is 1.09 bits per heavy atom. The third-order valence-corrected chi connectivity index (χ3v) is 3.10. The summed E-state index contributed by atoms with van der Waals surface area (Å²) in [5.41, 5.74) is 7.99. The second kappa shape index (κ2) is 5.77. The Labute approximate surface area is 128 Å². The number of rotatable bonds is 4. The molecule has 2 heterocycles. The van der Waals surface area contributed by atoms with Crippen LogP contribution in [0.1, 0.15) is 0 Å². The molecule has 3 rings (SSSR count). The van der Waals surface area contributed by atoms with Gasteiger partial charge in [0, 0.05) is 36.6 Å². The average molecular weight is 296 g/mol. The summed E-state index contributed by atoms with van der Waals surface area (Å²) in [6.07, 6.45) is 3.63. The fourth-order valence-electron chi connectivity index (χ4n) is 2.02. The molecule has 0 bridgehead atoms. The fourth-order valence-corrected chi connectivity index (χ4v) is 2.02. The lowest BCUT2D eigenvalue weighted by atomic mass is 10.2. The maximum absolute atomic E-state index is 5.84. The zero-order valence-corrected chi connectivity index (χ0v) is 12.4. The number of anilines is 1. The summed E-state index contributed by atoms with van der Waals surface area (Å²) in [6, 6.07) is 10.8. The molecule has 0 unspecified atom stereocenters. The van der Waals surface area contributed by atoms with Gasteiger partial charge in [0.05, 0.1) is 19.0 Å². The van der Waals surface area contributed by atoms with Crippen molar-refractivity contribution in [3.8, 4) is 28.6 Å². The Morgan fingerprint density at radius 3 is 2.50 bits per heavy atom. The van der Waals surface area contributed by atoms with Crippen LogP contribution in [0, 0.1) is 0 Å². The molecule has 2 aromatic heterocycles. The molecule has 22 heavy (non-hydrogen) atoms. The third-order valence-electron chi connectivity index (χ3n) is 3.10. The van der Waals surface area contributed by atoms with Gasteiger partial charge in [-0.2, -0.15) is 5.10 Å². The number of aromatic nitrogens is 3. The molecule has 1 aromatic carbocycles. The van der Waals surface area contributed by atoms with Gasteiger partial charge < -0.3 is 15.2 Å². The Morgan fingerprint density at radius 2 is 1.86 bits per heavy atom. The number of nitrogens with zero attached hydrogens (tertiary/aromatic N) is 3. The zero-order valence-electron chi connectivity index (χ0n) is 12.4. The molecule has 0 aliphatic carbocycles. The van der Waals surface area contributed by atoms with E-state index in [1.165, 1.54) is 0 Å². The number of nitrogen functional groups attached to an aromatic ring is 1. The van der Waals surface area contributed by atoms with Crippen LogP contribution in [0.3, 0.4) is 0 Å². The van der Waals surface area contributed by atoms with Crippen LogP contribution >= 0.6 is 0 Å². The van der Waals surface area contributed by atoms with Crippen LogP contribution in [-0.2, 0) is 7.05 Å². The summed E-state index contributed by atoms with van der Waals surface area (Å²) < 4.78 is 12.8. The largest absolute Gasteiger partial charge is 0.481 e. The summed E-state index contributed by atoms with van der Waals surface area (Å²) >= 11 is 0. The number of ether oxygens (including phenoxy) is 2. The van der Waals surface area contributed by atoms with E-state index >= 15 is 0 Å². The molecule has 0 amide bonds. The normalized spacial score (nSPS) is 10.5. The summed E-state index contributed by atoms with van der Waals surface area (Å²) in [5, 5.41) is 4.15. The lowest BCUT2D eigenvalue weighted by Gasteiger charge is -2.09. The monoisotopic (exact) mass is 296 g/mol. The zero-order chi connectivity index (χ0) is 15.5. The van der Waals surface area contributed by atoms with Crippen molar-refractivity contribution >= 4 is 5.69 Å². The highest BCUT2D eigenvalue weighted by Crippen LogP contribution is 2.29. The molecule has 112 valence electrons. The minimum atomic E-state index is 0.479. The van der Waals surface area contributed by atoms with Gasteiger partial charge in [-0.3, -0.25) is 4.68 Å². The van der Waals surface area contributed by atoms with Gasteiger partial charge in [-0.05, 0) is 24.3 Å². The molecular weight excluding hydrogens is 280 g/mol. The number of hydrogen-bond acceptors (Lipinski definition) is 5. The SMILES string of the molecule is COc1cc(Oc2ccc(N)cc2)cc(-c2cnn(C)c2)n1. The Bertz CT molecular complexity index is 781. The first-order valence-corrected chi connectivity index (χ1v) is 6.72. The van der Waals surface area contributed by atoms with Crippen molar-refractivity contribution in [1.29, 1.82) is 0 Å². The summed E-state index contributed by atoms with van der Waals surface area (Å²) in [7, 11) is 3.43. The maximum Gasteiger partial charge on any atom is 0.217 e. The smallest absolute Gasteiger partial charge is 0.217 e. The van der Waals surface area contributed by atoms with Gasteiger partial charge in [0.1, 0.15) is 11.5 Å². The molecule has 0 atom stereocenters. The van der Waals surface area contributed by atoms with Crippen LogP contribution in [0.2, 0.25) is 0 Å². The standard InChI is InChI=1S/C16H16N4O2/c1-20-10-11(9-18-20)15-7-14(8-16(19-15)21-2)22-13-5-3-12(17)4-6-13/h3-10H,17H2,1-2H3. The average Bonchev–Trinajstić information content (AvgIpc) is 2.96. The van der Waals surface area contributed by atoms with Crippen LogP contribution in [0.25, 0.3) is 11.3 Å². The Hall–Kier alpha value is -3.02. The second-order valence-corrected chi connectivity index (χ2v) is 4.80. The van der Waals surface area contributed by atoms with E-state index in [1.54, 1.807) is 36.2 Å². The number of pyridine rings is 1. The highest BCUT2D eigenvalue weighted by atomic mass is 16.5. The Balaban J connectivity index is 1.95. The van der Waals surface area contributed by atoms with E-state index in [2.05, 4.69) is 10.1 Å². The lowest BCUT2D eigenvalue weighted by molar-refractivity contribution is 0.393. The van der Waals surface area contributed by atoms with Crippen molar-refractivity contribution in [2.24, 2.45) is 7.05 Å². The molecule has 0 aliphatic heterocycles. The number of aryl methyl sites for hydroxylation is 1. The fraction of sp³-hybridized carbons (Fsp3) is 0.125. The van der Waals surface area contributed by atoms with Crippen LogP contribution in [0.15, 0.2) is 48.8 Å². The molecule has 0 spiro atoms. The van der Waals surface area contributed by atoms with Crippen LogP contribution in [0.5, 0.6) is 17.4 Å². The van der Waals surface area contributed by atoms with E-state index < -0.39 is 0 Å². The first-order chi connectivity index (χ1) is 10.6. The van der Waals surface area contributed by atoms with Gasteiger partial charge >= 0.3 is 0 Å². The van der Waals surface area contributed by atoms with Gasteiger partial charge in [0.15, 0.2) is 0 Å². The van der Waals surface area contributed by atoms with Crippen LogP contribution in [-0.4, -0.2) is 21.9 Å². The molecule has 6 nitrogen and oxygen atoms in total. The van der Waals surface area contributed by atoms with Crippen molar-refractivity contribution in [2.45, 2.75) is 0 Å². The minimum Gasteiger partial charge on any atom is -0.481 e. The first-order valence-electron chi connectivity index (χ1n) is 6.72. The third kappa shape index (κ3) is 3.01. The molecule has 3 aromatic rings. The number of hydrogen-bond donors (Lipinski definition) is 1. The predicted molar refractivity (Wildman–Crippen MR) is 83.9 cm³/mol. The highest BCUT2D eigenvalue weighted by molar-refractivity contribution is 5.60. The van der Waals surface area contributed by atoms with Gasteiger partial charge in [0.2, 0.25) is 5.88 Å². The summed E-state index contributed by atoms with van der Waals surface area (Å²) in [6.45, 7) is 0. The van der Waals surface area contributed by atoms with Crippen molar-refractivity contribution < 1.29 is 9.47 Å². The molecule has 2 N–H and O–H groups in total. The molecule has 0 saturated carbocycles. The van der Waals surface area contributed by atoms with Crippen molar-refractivity contribution in [3.63, 3.8) is 0 Å². The summed E-state index contributed by atoms with van der Waals surface area (Å²) in [5.74, 6) is 1.81. The summed E-state index contributed by atoms with van der Waals surface area (Å²) in [4.78, 5) is 4.42. The van der Waals surface area contributed by atoms with E-state index in [-0.39, 0.29) is 0 Å². The predicted octanol–water partition coefficient (Wildman–Crippen LogP) is 2.87. The molecule has 0 saturated heterocycles. The first kappa shape index (κ1) is 13.9. The van der Waals surface area contributed by atoms with Gasteiger partial charge in [-0.15, -0.1) is 0 Å². The van der Waals surface area contributed by atoms with Gasteiger partial charge in [-0.1, -0.05) is 0 Å². The number of nitrogens with two attached hydrogens (primary N) is 1. The minimum absolute atomic E-state index is 0.479. The Kier molecular flexibility index (Phi) is 3.65. The van der Waals surface area contributed by atoms with Gasteiger partial charge in [0.25, 0.3) is 0 Å². The number of benzene rings is 1. The van der Waals surface area contributed by atoms with E-state index in [4.69, 9.17) is 15.2 Å². The molecule has 0 radical (unpaired) electrons. The molecule has 0 fully saturated rings. The van der Waals surface area contributed by atoms with Gasteiger partial charge in [-0.25, -0.2) is 4.98 Å². The second-order valence-electron chi connectivity index (χ2n) is 4.80. The molecular formula is C16H16N4O2. The van der Waals surface area contributed by atoms with E-state index in [1.807, 2.05) is 31.4 Å². The lowest BCUT2D eigenvalue weighted by Crippen LogP contribution is -1.93. The number of methoxy groups -OCH3 is 1. The maximum atomic E-state index is 5.84. The van der Waals surface area contributed by atoms with E-state index in [0.717, 1.165) is 11.3 Å². The van der Waals surface area contributed by atoms with Crippen molar-refractivity contribution in [3.05, 3.63) is 48.8 Å². The van der Waals surface area contributed by atoms with E-state index in [0.29, 0.717) is 23.1 Å². The van der Waals surface area contributed by atoms with Crippen molar-refractivity contribution in [1.82, 2.24) is 14.8 Å². The topological polar surface area (TPSA) is 75.2 Å². The molecule has 0 aliphatic rings. The van der Waals surface area contributed by atoms with Crippen molar-refractivity contribution in [2.75, 3.05) is 12.8 Å². The quantitative estimate of drug-likeness (QED) is 0.749.